The molecule has 0 aromatic heterocycles. The lowest BCUT2D eigenvalue weighted by Gasteiger charge is -2.11. The molecule has 0 amide bonds. The third kappa shape index (κ3) is 2.52. The van der Waals surface area contributed by atoms with Crippen LogP contribution in [0.25, 0.3) is 0 Å². The number of aliphatic carboxylic acids is 1. The highest BCUT2D eigenvalue weighted by Crippen LogP contribution is 2.20. The van der Waals surface area contributed by atoms with E-state index in [0.29, 0.717) is 30.2 Å². The molecule has 6 heteroatoms. The maximum atomic E-state index is 13.7. The molecule has 1 heterocycles. The predicted molar refractivity (Wildman–Crippen MR) is 61.9 cm³/mol. The van der Waals surface area contributed by atoms with Crippen molar-refractivity contribution in [2.24, 2.45) is 4.99 Å². The Hall–Kier alpha value is -2.11. The minimum absolute atomic E-state index is 0.260. The van der Waals surface area contributed by atoms with E-state index in [4.69, 9.17) is 5.11 Å². The summed E-state index contributed by atoms with van der Waals surface area (Å²) in [5.74, 6) is -0.953. The summed E-state index contributed by atoms with van der Waals surface area (Å²) in [5, 5.41) is 14.2. The molecule has 2 rings (SSSR count). The number of amidine groups is 1. The summed E-state index contributed by atoms with van der Waals surface area (Å²) in [7, 11) is 0. The van der Waals surface area contributed by atoms with Crippen LogP contribution in [0.2, 0.25) is 0 Å². The van der Waals surface area contributed by atoms with Crippen LogP contribution in [-0.4, -0.2) is 36.5 Å². The number of rotatable bonds is 4. The van der Waals surface area contributed by atoms with Crippen LogP contribution in [0.15, 0.2) is 23.2 Å². The van der Waals surface area contributed by atoms with Crippen molar-refractivity contribution < 1.29 is 14.3 Å². The van der Waals surface area contributed by atoms with Gasteiger partial charge < -0.3 is 15.7 Å². The van der Waals surface area contributed by atoms with Crippen molar-refractivity contribution in [3.8, 4) is 0 Å². The lowest BCUT2D eigenvalue weighted by atomic mass is 10.1. The second kappa shape index (κ2) is 4.82. The van der Waals surface area contributed by atoms with Crippen molar-refractivity contribution in [3.05, 3.63) is 29.6 Å². The van der Waals surface area contributed by atoms with Crippen LogP contribution in [0.4, 0.5) is 10.1 Å². The fraction of sp³-hybridized carbons (Fsp3) is 0.273. The molecule has 0 saturated heterocycles. The Morgan fingerprint density at radius 3 is 3.06 bits per heavy atom. The number of aliphatic imine (C=N–C) groups is 1. The standard InChI is InChI=1S/C11H12FN3O2/c12-7-2-1-3-8(15-6-9(16)17)10(7)11-13-4-5-14-11/h1-3,15H,4-6H2,(H,13,14)(H,16,17). The molecule has 5 nitrogen and oxygen atoms in total. The van der Waals surface area contributed by atoms with Crippen molar-refractivity contribution in [3.63, 3.8) is 0 Å². The zero-order chi connectivity index (χ0) is 12.3. The van der Waals surface area contributed by atoms with Crippen LogP contribution in [0.5, 0.6) is 0 Å². The Morgan fingerprint density at radius 2 is 2.41 bits per heavy atom. The van der Waals surface area contributed by atoms with Crippen LogP contribution in [0.1, 0.15) is 5.56 Å². The van der Waals surface area contributed by atoms with Gasteiger partial charge in [-0.05, 0) is 12.1 Å². The Morgan fingerprint density at radius 1 is 1.59 bits per heavy atom. The Labute approximate surface area is 97.4 Å². The highest BCUT2D eigenvalue weighted by molar-refractivity contribution is 6.04. The minimum Gasteiger partial charge on any atom is -0.480 e. The summed E-state index contributed by atoms with van der Waals surface area (Å²) in [6.45, 7) is 1.01. The summed E-state index contributed by atoms with van der Waals surface area (Å²) < 4.78 is 13.7. The maximum Gasteiger partial charge on any atom is 0.322 e. The van der Waals surface area contributed by atoms with E-state index in [1.54, 1.807) is 6.07 Å². The van der Waals surface area contributed by atoms with Crippen molar-refractivity contribution in [1.82, 2.24) is 5.32 Å². The number of carboxylic acid groups (broad SMARTS) is 1. The van der Waals surface area contributed by atoms with Gasteiger partial charge >= 0.3 is 5.97 Å². The quantitative estimate of drug-likeness (QED) is 0.719. The molecule has 1 aromatic rings. The molecule has 0 bridgehead atoms. The first-order chi connectivity index (χ1) is 8.18. The number of nitrogens with one attached hydrogen (secondary N) is 2. The normalized spacial score (nSPS) is 14.1. The molecule has 3 N–H and O–H groups in total. The molecule has 1 aliphatic heterocycles. The van der Waals surface area contributed by atoms with Gasteiger partial charge in [-0.3, -0.25) is 9.79 Å². The van der Waals surface area contributed by atoms with Gasteiger partial charge in [0.2, 0.25) is 0 Å². The molecule has 0 fully saturated rings. The fourth-order valence-corrected chi connectivity index (χ4v) is 1.65. The van der Waals surface area contributed by atoms with Crippen LogP contribution < -0.4 is 10.6 Å². The Bertz CT molecular complexity index is 474. The van der Waals surface area contributed by atoms with E-state index in [9.17, 15) is 9.18 Å². The number of carboxylic acids is 1. The zero-order valence-corrected chi connectivity index (χ0v) is 9.03. The number of carbonyl (C=O) groups is 1. The van der Waals surface area contributed by atoms with Crippen LogP contribution >= 0.6 is 0 Å². The molecule has 17 heavy (non-hydrogen) atoms. The van der Waals surface area contributed by atoms with Crippen LogP contribution in [-0.2, 0) is 4.79 Å². The summed E-state index contributed by atoms with van der Waals surface area (Å²) in [4.78, 5) is 14.6. The first-order valence-corrected chi connectivity index (χ1v) is 5.21. The van der Waals surface area contributed by atoms with Gasteiger partial charge in [-0.1, -0.05) is 6.07 Å². The molecule has 1 aliphatic rings. The van der Waals surface area contributed by atoms with E-state index in [2.05, 4.69) is 15.6 Å². The number of halogens is 1. The van der Waals surface area contributed by atoms with Gasteiger partial charge in [0.15, 0.2) is 0 Å². The average Bonchev–Trinajstić information content (AvgIpc) is 2.79. The summed E-state index contributed by atoms with van der Waals surface area (Å²) >= 11 is 0. The Balaban J connectivity index is 2.30. The molecule has 0 radical (unpaired) electrons. The van der Waals surface area contributed by atoms with E-state index >= 15 is 0 Å². The van der Waals surface area contributed by atoms with Gasteiger partial charge in [-0.2, -0.15) is 0 Å². The molecule has 0 saturated carbocycles. The molecule has 1 aromatic carbocycles. The molecular weight excluding hydrogens is 225 g/mol. The van der Waals surface area contributed by atoms with E-state index in [1.807, 2.05) is 0 Å². The van der Waals surface area contributed by atoms with Crippen LogP contribution in [0.3, 0.4) is 0 Å². The highest BCUT2D eigenvalue weighted by atomic mass is 19.1. The van der Waals surface area contributed by atoms with E-state index in [-0.39, 0.29) is 6.54 Å². The summed E-state index contributed by atoms with van der Waals surface area (Å²) in [6.07, 6.45) is 0. The number of nitrogens with zero attached hydrogens (tertiary/aromatic N) is 1. The van der Waals surface area contributed by atoms with Gasteiger partial charge in [0, 0.05) is 12.2 Å². The second-order valence-electron chi connectivity index (χ2n) is 3.57. The topological polar surface area (TPSA) is 73.7 Å². The molecule has 0 aliphatic carbocycles. The average molecular weight is 237 g/mol. The number of benzene rings is 1. The SMILES string of the molecule is O=C(O)CNc1cccc(F)c1C1=NCCN1. The van der Waals surface area contributed by atoms with E-state index in [1.165, 1.54) is 12.1 Å². The smallest absolute Gasteiger partial charge is 0.322 e. The molecular formula is C11H12FN3O2. The number of hydrogen-bond donors (Lipinski definition) is 3. The molecule has 0 spiro atoms. The van der Waals surface area contributed by atoms with Crippen molar-refractivity contribution in [1.29, 1.82) is 0 Å². The third-order valence-corrected chi connectivity index (χ3v) is 2.35. The summed E-state index contributed by atoms with van der Waals surface area (Å²) in [5.41, 5.74) is 0.729. The molecule has 0 unspecified atom stereocenters. The van der Waals surface area contributed by atoms with Gasteiger partial charge in [-0.25, -0.2) is 4.39 Å². The van der Waals surface area contributed by atoms with Gasteiger partial charge in [0.05, 0.1) is 12.1 Å². The second-order valence-corrected chi connectivity index (χ2v) is 3.57. The lowest BCUT2D eigenvalue weighted by Crippen LogP contribution is -2.23. The minimum atomic E-state index is -0.999. The van der Waals surface area contributed by atoms with Gasteiger partial charge in [0.25, 0.3) is 0 Å². The molecule has 90 valence electrons. The van der Waals surface area contributed by atoms with E-state index in [0.717, 1.165) is 0 Å². The van der Waals surface area contributed by atoms with Crippen molar-refractivity contribution >= 4 is 17.5 Å². The highest BCUT2D eigenvalue weighted by Gasteiger charge is 2.17. The van der Waals surface area contributed by atoms with E-state index < -0.39 is 11.8 Å². The van der Waals surface area contributed by atoms with Gasteiger partial charge in [0.1, 0.15) is 18.2 Å². The van der Waals surface area contributed by atoms with Crippen molar-refractivity contribution in [2.45, 2.75) is 0 Å². The third-order valence-electron chi connectivity index (χ3n) is 2.35. The lowest BCUT2D eigenvalue weighted by molar-refractivity contribution is -0.134. The Kier molecular flexibility index (Phi) is 3.22. The monoisotopic (exact) mass is 237 g/mol. The van der Waals surface area contributed by atoms with Crippen molar-refractivity contribution in [2.75, 3.05) is 25.0 Å². The first-order valence-electron chi connectivity index (χ1n) is 5.21. The fourth-order valence-electron chi connectivity index (χ4n) is 1.65. The first kappa shape index (κ1) is 11.4. The largest absolute Gasteiger partial charge is 0.480 e. The number of anilines is 1. The number of hydrogen-bond acceptors (Lipinski definition) is 4. The van der Waals surface area contributed by atoms with Gasteiger partial charge in [-0.15, -0.1) is 0 Å². The maximum absolute atomic E-state index is 13.7. The summed E-state index contributed by atoms with van der Waals surface area (Å²) in [6, 6.07) is 4.48. The molecule has 0 atom stereocenters. The predicted octanol–water partition coefficient (Wildman–Crippen LogP) is 0.672. The zero-order valence-electron chi connectivity index (χ0n) is 9.03. The van der Waals surface area contributed by atoms with Crippen LogP contribution in [0, 0.1) is 5.82 Å².